The molecule has 9 nitrogen and oxygen atoms in total. The number of carbonyl (C=O) groups excluding carboxylic acids is 3. The van der Waals surface area contributed by atoms with Crippen LogP contribution in [0.4, 0.5) is 5.69 Å². The molecule has 3 amide bonds. The molecule has 0 unspecified atom stereocenters. The van der Waals surface area contributed by atoms with Crippen LogP contribution in [-0.2, 0) is 19.1 Å². The first-order valence-corrected chi connectivity index (χ1v) is 15.1. The Balaban J connectivity index is 1.19. The van der Waals surface area contributed by atoms with Gasteiger partial charge in [0, 0.05) is 11.7 Å². The van der Waals surface area contributed by atoms with Crippen molar-refractivity contribution in [3.05, 3.63) is 65.7 Å². The second-order valence-electron chi connectivity index (χ2n) is 12.4. The van der Waals surface area contributed by atoms with Gasteiger partial charge in [0.2, 0.25) is 17.7 Å². The summed E-state index contributed by atoms with van der Waals surface area (Å²) in [6.45, 7) is 4.33. The molecule has 7 rings (SSSR count). The summed E-state index contributed by atoms with van der Waals surface area (Å²) in [5.41, 5.74) is 1.52. The molecule has 2 aromatic rings. The lowest BCUT2D eigenvalue weighted by molar-refractivity contribution is -0.143. The summed E-state index contributed by atoms with van der Waals surface area (Å²) in [5.74, 6) is -1.13. The molecule has 2 bridgehead atoms. The highest BCUT2D eigenvalue weighted by atomic mass is 16.6. The van der Waals surface area contributed by atoms with Gasteiger partial charge in [-0.2, -0.15) is 0 Å². The maximum Gasteiger partial charge on any atom is 0.246 e. The van der Waals surface area contributed by atoms with Gasteiger partial charge in [-0.05, 0) is 62.1 Å². The van der Waals surface area contributed by atoms with Crippen molar-refractivity contribution >= 4 is 23.4 Å². The quantitative estimate of drug-likeness (QED) is 0.513. The standard InChI is InChI=1S/C33H37N3O6/c1-19-14-20(2)16-22(15-19)35-30(37)27-26-12-13-33(42-26)28(27)32(39)36(29(33)31(38)34-21-8-4-3-5-9-21)17-23-18-40-24-10-6-7-11-25(24)41-23/h6-7,10-16,21,23,26-29H,3-5,8-9,17-18H2,1-2H3,(H,34,38)(H,35,37)/t23-,26-,27+,28-,29+,33-/m1/s1. The lowest BCUT2D eigenvalue weighted by Crippen LogP contribution is -2.58. The normalized spacial score (nSPS) is 31.2. The molecule has 1 saturated carbocycles. The number of aryl methyl sites for hydroxylation is 2. The largest absolute Gasteiger partial charge is 0.486 e. The molecule has 2 aromatic carbocycles. The summed E-state index contributed by atoms with van der Waals surface area (Å²) in [7, 11) is 0. The van der Waals surface area contributed by atoms with Crippen molar-refractivity contribution in [1.82, 2.24) is 10.2 Å². The highest BCUT2D eigenvalue weighted by Gasteiger charge is 2.73. The zero-order valence-electron chi connectivity index (χ0n) is 24.0. The van der Waals surface area contributed by atoms with Gasteiger partial charge >= 0.3 is 0 Å². The van der Waals surface area contributed by atoms with Crippen LogP contribution in [0.15, 0.2) is 54.6 Å². The lowest BCUT2D eigenvalue weighted by atomic mass is 9.74. The number of likely N-dealkylation sites (tertiary alicyclic amines) is 1. The molecule has 220 valence electrons. The zero-order chi connectivity index (χ0) is 29.0. The van der Waals surface area contributed by atoms with Crippen LogP contribution in [0.2, 0.25) is 0 Å². The first-order chi connectivity index (χ1) is 20.3. The van der Waals surface area contributed by atoms with E-state index < -0.39 is 35.7 Å². The van der Waals surface area contributed by atoms with Gasteiger partial charge in [0.05, 0.1) is 24.5 Å². The third-order valence-electron chi connectivity index (χ3n) is 9.33. The van der Waals surface area contributed by atoms with Crippen LogP contribution in [0.3, 0.4) is 0 Å². The Hall–Kier alpha value is -3.85. The summed E-state index contributed by atoms with van der Waals surface area (Å²) in [6.07, 6.45) is 7.76. The lowest BCUT2D eigenvalue weighted by Gasteiger charge is -2.36. The molecule has 0 aromatic heterocycles. The zero-order valence-corrected chi connectivity index (χ0v) is 24.0. The maximum atomic E-state index is 14.3. The first-order valence-electron chi connectivity index (χ1n) is 15.1. The number of fused-ring (bicyclic) bond motifs is 2. The minimum Gasteiger partial charge on any atom is -0.486 e. The molecule has 3 fully saturated rings. The van der Waals surface area contributed by atoms with Crippen molar-refractivity contribution in [2.75, 3.05) is 18.5 Å². The second-order valence-corrected chi connectivity index (χ2v) is 12.4. The van der Waals surface area contributed by atoms with Crippen LogP contribution in [0.5, 0.6) is 11.5 Å². The van der Waals surface area contributed by atoms with Crippen molar-refractivity contribution in [1.29, 1.82) is 0 Å². The Morgan fingerprint density at radius 1 is 1.00 bits per heavy atom. The van der Waals surface area contributed by atoms with Gasteiger partial charge < -0.3 is 29.7 Å². The Bertz CT molecular complexity index is 1430. The van der Waals surface area contributed by atoms with E-state index in [0.29, 0.717) is 17.2 Å². The van der Waals surface area contributed by atoms with Gasteiger partial charge in [-0.3, -0.25) is 14.4 Å². The van der Waals surface area contributed by atoms with E-state index >= 15 is 0 Å². The number of nitrogens with one attached hydrogen (secondary N) is 2. The number of anilines is 1. The fourth-order valence-corrected chi connectivity index (χ4v) is 7.64. The summed E-state index contributed by atoms with van der Waals surface area (Å²) in [5, 5.41) is 6.26. The molecule has 0 radical (unpaired) electrons. The molecule has 2 saturated heterocycles. The van der Waals surface area contributed by atoms with Crippen LogP contribution in [0, 0.1) is 25.7 Å². The predicted molar refractivity (Wildman–Crippen MR) is 155 cm³/mol. The van der Waals surface area contributed by atoms with Crippen molar-refractivity contribution in [3.8, 4) is 11.5 Å². The van der Waals surface area contributed by atoms with Crippen molar-refractivity contribution < 1.29 is 28.6 Å². The fraction of sp³-hybridized carbons (Fsp3) is 0.485. The molecule has 42 heavy (non-hydrogen) atoms. The van der Waals surface area contributed by atoms with Crippen molar-refractivity contribution in [2.45, 2.75) is 75.8 Å². The Kier molecular flexibility index (Phi) is 6.72. The molecule has 5 aliphatic rings. The van der Waals surface area contributed by atoms with Crippen LogP contribution in [0.25, 0.3) is 0 Å². The van der Waals surface area contributed by atoms with E-state index in [0.717, 1.165) is 43.2 Å². The van der Waals surface area contributed by atoms with Crippen molar-refractivity contribution in [2.24, 2.45) is 11.8 Å². The van der Waals surface area contributed by atoms with Gasteiger partial charge in [0.25, 0.3) is 0 Å². The summed E-state index contributed by atoms with van der Waals surface area (Å²) in [4.78, 5) is 43.8. The molecule has 6 atom stereocenters. The number of hydrogen-bond donors (Lipinski definition) is 2. The highest BCUT2D eigenvalue weighted by molar-refractivity contribution is 6.02. The van der Waals surface area contributed by atoms with E-state index in [1.165, 1.54) is 0 Å². The van der Waals surface area contributed by atoms with Gasteiger partial charge in [-0.15, -0.1) is 0 Å². The minimum atomic E-state index is -1.22. The van der Waals surface area contributed by atoms with E-state index in [-0.39, 0.29) is 36.9 Å². The average Bonchev–Trinajstić information content (AvgIpc) is 3.60. The molecule has 4 heterocycles. The number of para-hydroxylation sites is 2. The molecule has 1 spiro atoms. The molecular weight excluding hydrogens is 534 g/mol. The number of rotatable bonds is 6. The van der Waals surface area contributed by atoms with Crippen LogP contribution in [-0.4, -0.2) is 65.7 Å². The van der Waals surface area contributed by atoms with E-state index in [2.05, 4.69) is 10.6 Å². The number of benzene rings is 2. The monoisotopic (exact) mass is 571 g/mol. The first kappa shape index (κ1) is 27.0. The summed E-state index contributed by atoms with van der Waals surface area (Å²) >= 11 is 0. The molecule has 4 aliphatic heterocycles. The van der Waals surface area contributed by atoms with E-state index in [4.69, 9.17) is 14.2 Å². The van der Waals surface area contributed by atoms with E-state index in [9.17, 15) is 14.4 Å². The minimum absolute atomic E-state index is 0.0611. The van der Waals surface area contributed by atoms with E-state index in [1.54, 1.807) is 4.90 Å². The molecule has 2 N–H and O–H groups in total. The maximum absolute atomic E-state index is 14.3. The van der Waals surface area contributed by atoms with Gasteiger partial charge in [-0.25, -0.2) is 0 Å². The number of amides is 3. The van der Waals surface area contributed by atoms with Crippen molar-refractivity contribution in [3.63, 3.8) is 0 Å². The molecule has 9 heteroatoms. The second kappa shape index (κ2) is 10.5. The van der Waals surface area contributed by atoms with E-state index in [1.807, 2.05) is 68.5 Å². The van der Waals surface area contributed by atoms with Crippen LogP contribution in [0.1, 0.15) is 43.2 Å². The topological polar surface area (TPSA) is 106 Å². The van der Waals surface area contributed by atoms with Crippen LogP contribution >= 0.6 is 0 Å². The Morgan fingerprint density at radius 2 is 1.74 bits per heavy atom. The number of carbonyl (C=O) groups is 3. The fourth-order valence-electron chi connectivity index (χ4n) is 7.64. The Labute approximate surface area is 245 Å². The molecule has 1 aliphatic carbocycles. The van der Waals surface area contributed by atoms with Gasteiger partial charge in [-0.1, -0.05) is 49.6 Å². The van der Waals surface area contributed by atoms with Gasteiger partial charge in [0.1, 0.15) is 18.2 Å². The third-order valence-corrected chi connectivity index (χ3v) is 9.33. The average molecular weight is 572 g/mol. The Morgan fingerprint density at radius 3 is 2.50 bits per heavy atom. The third kappa shape index (κ3) is 4.54. The summed E-state index contributed by atoms with van der Waals surface area (Å²) < 4.78 is 18.6. The number of nitrogens with zero attached hydrogens (tertiary/aromatic N) is 1. The SMILES string of the molecule is Cc1cc(C)cc(NC(=O)[C@H]2[C@H]3C=C[C@]4(O3)[C@H](C(=O)NC3CCCCC3)N(C[C@@H]3COc5ccccc5O3)C(=O)[C@@H]24)c1. The smallest absolute Gasteiger partial charge is 0.246 e. The predicted octanol–water partition coefficient (Wildman–Crippen LogP) is 3.68. The summed E-state index contributed by atoms with van der Waals surface area (Å²) in [6, 6.07) is 12.4. The van der Waals surface area contributed by atoms with Gasteiger partial charge in [0.15, 0.2) is 17.6 Å². The molecular formula is C33H37N3O6. The number of ether oxygens (including phenoxy) is 3. The highest BCUT2D eigenvalue weighted by Crippen LogP contribution is 2.55. The number of hydrogen-bond acceptors (Lipinski definition) is 6. The van der Waals surface area contributed by atoms with Crippen LogP contribution < -0.4 is 20.1 Å².